The average Bonchev–Trinajstić information content (AvgIpc) is 3.56. The molecule has 3 aromatic rings. The van der Waals surface area contributed by atoms with Crippen LogP contribution in [0.3, 0.4) is 0 Å². The minimum absolute atomic E-state index is 0.0400. The largest absolute Gasteiger partial charge is 0.493 e. The summed E-state index contributed by atoms with van der Waals surface area (Å²) in [5, 5.41) is 1.09. The van der Waals surface area contributed by atoms with Gasteiger partial charge in [-0.25, -0.2) is 0 Å². The van der Waals surface area contributed by atoms with E-state index in [9.17, 15) is 4.79 Å². The van der Waals surface area contributed by atoms with Crippen LogP contribution in [-0.2, 0) is 16.1 Å². The molecule has 0 spiro atoms. The summed E-state index contributed by atoms with van der Waals surface area (Å²) in [7, 11) is 1.64. The lowest BCUT2D eigenvalue weighted by Crippen LogP contribution is -2.35. The Balaban J connectivity index is 1.34. The van der Waals surface area contributed by atoms with Gasteiger partial charge in [0.1, 0.15) is 10.9 Å². The van der Waals surface area contributed by atoms with Gasteiger partial charge in [-0.05, 0) is 37.1 Å². The molecule has 6 nitrogen and oxygen atoms in total. The predicted molar refractivity (Wildman–Crippen MR) is 139 cm³/mol. The van der Waals surface area contributed by atoms with E-state index in [0.29, 0.717) is 34.7 Å². The van der Waals surface area contributed by atoms with E-state index in [4.69, 9.17) is 26.4 Å². The number of ether oxygens (including phenoxy) is 3. The van der Waals surface area contributed by atoms with Crippen molar-refractivity contribution in [2.24, 2.45) is 0 Å². The Bertz CT molecular complexity index is 1250. The number of hydrogen-bond donors (Lipinski definition) is 0. The van der Waals surface area contributed by atoms with E-state index in [2.05, 4.69) is 22.9 Å². The van der Waals surface area contributed by atoms with E-state index in [1.165, 1.54) is 11.8 Å². The van der Waals surface area contributed by atoms with Crippen LogP contribution in [-0.4, -0.2) is 52.7 Å². The molecule has 8 heteroatoms. The van der Waals surface area contributed by atoms with Crippen molar-refractivity contribution in [3.63, 3.8) is 0 Å². The van der Waals surface area contributed by atoms with Crippen molar-refractivity contribution >= 4 is 51.2 Å². The van der Waals surface area contributed by atoms with Gasteiger partial charge < -0.3 is 18.8 Å². The number of para-hydroxylation sites is 3. The number of thiocarbonyl (C=S) groups is 1. The summed E-state index contributed by atoms with van der Waals surface area (Å²) in [6.07, 6.45) is 6.11. The van der Waals surface area contributed by atoms with E-state index in [-0.39, 0.29) is 12.0 Å². The topological polar surface area (TPSA) is 52.9 Å². The van der Waals surface area contributed by atoms with Crippen LogP contribution in [0.25, 0.3) is 17.0 Å². The molecule has 0 bridgehead atoms. The molecule has 1 aromatic heterocycles. The third-order valence-corrected chi connectivity index (χ3v) is 7.43. The normalized spacial score (nSPS) is 19.5. The smallest absolute Gasteiger partial charge is 0.266 e. The zero-order valence-corrected chi connectivity index (χ0v) is 20.6. The SMILES string of the molecule is COc1ccccc1OCCn1cc(/C=C2\SC(=S)N(C[C@H]3CCCO3)C2=O)c2ccccc21. The van der Waals surface area contributed by atoms with E-state index in [0.717, 1.165) is 41.7 Å². The van der Waals surface area contributed by atoms with Gasteiger partial charge in [0.25, 0.3) is 5.91 Å². The molecule has 5 rings (SSSR count). The van der Waals surface area contributed by atoms with Gasteiger partial charge in [-0.1, -0.05) is 54.3 Å². The lowest BCUT2D eigenvalue weighted by molar-refractivity contribution is -0.123. The number of methoxy groups -OCH3 is 1. The molecule has 0 aliphatic carbocycles. The molecule has 2 fully saturated rings. The molecular weight excluding hydrogens is 468 g/mol. The molecule has 3 heterocycles. The Kier molecular flexibility index (Phi) is 6.89. The minimum Gasteiger partial charge on any atom is -0.493 e. The maximum atomic E-state index is 13.1. The number of benzene rings is 2. The molecule has 0 saturated carbocycles. The summed E-state index contributed by atoms with van der Waals surface area (Å²) in [4.78, 5) is 15.4. The number of aromatic nitrogens is 1. The maximum absolute atomic E-state index is 13.1. The molecule has 2 aliphatic rings. The zero-order chi connectivity index (χ0) is 23.5. The van der Waals surface area contributed by atoms with Gasteiger partial charge in [-0.3, -0.25) is 9.69 Å². The quantitative estimate of drug-likeness (QED) is 0.321. The summed E-state index contributed by atoms with van der Waals surface area (Å²) >= 11 is 6.87. The lowest BCUT2D eigenvalue weighted by atomic mass is 10.1. The number of carbonyl (C=O) groups excluding carboxylic acids is 1. The summed E-state index contributed by atoms with van der Waals surface area (Å²) in [5.41, 5.74) is 2.08. The number of nitrogens with zero attached hydrogens (tertiary/aromatic N) is 2. The van der Waals surface area contributed by atoms with E-state index in [1.807, 2.05) is 42.5 Å². The third kappa shape index (κ3) is 4.71. The van der Waals surface area contributed by atoms with Gasteiger partial charge in [0, 0.05) is 29.3 Å². The Morgan fingerprint density at radius 3 is 2.76 bits per heavy atom. The van der Waals surface area contributed by atoms with Gasteiger partial charge in [0.2, 0.25) is 0 Å². The molecule has 2 saturated heterocycles. The van der Waals surface area contributed by atoms with Crippen LogP contribution in [0.4, 0.5) is 0 Å². The molecule has 2 aliphatic heterocycles. The lowest BCUT2D eigenvalue weighted by Gasteiger charge is -2.18. The molecule has 1 atom stereocenters. The fourth-order valence-electron chi connectivity index (χ4n) is 4.36. The molecule has 34 heavy (non-hydrogen) atoms. The highest BCUT2D eigenvalue weighted by molar-refractivity contribution is 8.26. The van der Waals surface area contributed by atoms with Gasteiger partial charge in [-0.2, -0.15) is 0 Å². The third-order valence-electron chi connectivity index (χ3n) is 6.05. The van der Waals surface area contributed by atoms with Crippen molar-refractivity contribution in [1.82, 2.24) is 9.47 Å². The fourth-order valence-corrected chi connectivity index (χ4v) is 5.62. The second-order valence-corrected chi connectivity index (χ2v) is 9.90. The second kappa shape index (κ2) is 10.2. The van der Waals surface area contributed by atoms with Crippen molar-refractivity contribution in [3.05, 3.63) is 65.2 Å². The molecular formula is C26H26N2O4S2. The van der Waals surface area contributed by atoms with Crippen LogP contribution in [0, 0.1) is 0 Å². The monoisotopic (exact) mass is 494 g/mol. The van der Waals surface area contributed by atoms with Crippen LogP contribution >= 0.6 is 24.0 Å². The van der Waals surface area contributed by atoms with E-state index >= 15 is 0 Å². The molecule has 176 valence electrons. The summed E-state index contributed by atoms with van der Waals surface area (Å²) < 4.78 is 19.8. The number of carbonyl (C=O) groups is 1. The van der Waals surface area contributed by atoms with Crippen LogP contribution in [0.5, 0.6) is 11.5 Å². The molecule has 2 aromatic carbocycles. The number of thioether (sulfide) groups is 1. The summed E-state index contributed by atoms with van der Waals surface area (Å²) in [6.45, 7) is 2.44. The van der Waals surface area contributed by atoms with Crippen molar-refractivity contribution in [3.8, 4) is 11.5 Å². The first-order valence-electron chi connectivity index (χ1n) is 11.3. The standard InChI is InChI=1S/C26H26N2O4S2/c1-30-22-10-4-5-11-23(22)32-14-12-27-16-18(20-8-2-3-9-21(20)27)15-24-25(29)28(26(33)34-24)17-19-7-6-13-31-19/h2-5,8-11,15-16,19H,6-7,12-14,17H2,1H3/b24-15-/t19-/m1/s1. The molecule has 0 unspecified atom stereocenters. The van der Waals surface area contributed by atoms with E-state index < -0.39 is 0 Å². The Labute approximate surface area is 208 Å². The zero-order valence-electron chi connectivity index (χ0n) is 18.9. The van der Waals surface area contributed by atoms with Crippen LogP contribution in [0.15, 0.2) is 59.6 Å². The van der Waals surface area contributed by atoms with E-state index in [1.54, 1.807) is 12.0 Å². The first-order chi connectivity index (χ1) is 16.6. The summed E-state index contributed by atoms with van der Waals surface area (Å²) in [6, 6.07) is 15.8. The second-order valence-electron chi connectivity index (χ2n) is 8.22. The highest BCUT2D eigenvalue weighted by Gasteiger charge is 2.34. The highest BCUT2D eigenvalue weighted by Crippen LogP contribution is 2.35. The van der Waals surface area contributed by atoms with Crippen molar-refractivity contribution in [2.45, 2.75) is 25.5 Å². The van der Waals surface area contributed by atoms with Crippen molar-refractivity contribution < 1.29 is 19.0 Å². The van der Waals surface area contributed by atoms with Crippen LogP contribution in [0.2, 0.25) is 0 Å². The first kappa shape index (κ1) is 23.0. The number of rotatable bonds is 8. The Morgan fingerprint density at radius 2 is 1.97 bits per heavy atom. The molecule has 1 amide bonds. The van der Waals surface area contributed by atoms with Crippen molar-refractivity contribution in [1.29, 1.82) is 0 Å². The van der Waals surface area contributed by atoms with Crippen molar-refractivity contribution in [2.75, 3.05) is 26.9 Å². The average molecular weight is 495 g/mol. The molecule has 0 radical (unpaired) electrons. The molecule has 0 N–H and O–H groups in total. The van der Waals surface area contributed by atoms with Gasteiger partial charge in [0.05, 0.1) is 31.2 Å². The summed E-state index contributed by atoms with van der Waals surface area (Å²) in [5.74, 6) is 1.39. The Hall–Kier alpha value is -2.81. The maximum Gasteiger partial charge on any atom is 0.266 e. The number of amides is 1. The predicted octanol–water partition coefficient (Wildman–Crippen LogP) is 5.11. The Morgan fingerprint density at radius 1 is 1.18 bits per heavy atom. The minimum atomic E-state index is -0.0400. The van der Waals surface area contributed by atoms with Crippen LogP contribution < -0.4 is 9.47 Å². The highest BCUT2D eigenvalue weighted by atomic mass is 32.2. The van der Waals surface area contributed by atoms with Crippen LogP contribution in [0.1, 0.15) is 18.4 Å². The van der Waals surface area contributed by atoms with Gasteiger partial charge in [0.15, 0.2) is 11.5 Å². The van der Waals surface area contributed by atoms with Gasteiger partial charge >= 0.3 is 0 Å². The number of fused-ring (bicyclic) bond motifs is 1. The van der Waals surface area contributed by atoms with Gasteiger partial charge in [-0.15, -0.1) is 0 Å². The fraction of sp³-hybridized carbons (Fsp3) is 0.308. The first-order valence-corrected chi connectivity index (χ1v) is 12.6. The number of hydrogen-bond acceptors (Lipinski definition) is 6.